The Labute approximate surface area is 170 Å². The molecule has 0 aromatic heterocycles. The third-order valence-electron chi connectivity index (χ3n) is 7.46. The van der Waals surface area contributed by atoms with Gasteiger partial charge in [-0.15, -0.1) is 0 Å². The Bertz CT molecular complexity index is 857. The first-order chi connectivity index (χ1) is 14.0. The van der Waals surface area contributed by atoms with Crippen LogP contribution < -0.4 is 10.6 Å². The summed E-state index contributed by atoms with van der Waals surface area (Å²) < 4.78 is 0. The normalized spacial score (nSPS) is 28.3. The lowest BCUT2D eigenvalue weighted by molar-refractivity contribution is -0.136. The topological polar surface area (TPSA) is 86.9 Å². The number of rotatable bonds is 6. The van der Waals surface area contributed by atoms with Crippen LogP contribution in [0.15, 0.2) is 24.3 Å². The van der Waals surface area contributed by atoms with Crippen LogP contribution in [0.1, 0.15) is 50.5 Å². The zero-order valence-electron chi connectivity index (χ0n) is 16.7. The van der Waals surface area contributed by atoms with Gasteiger partial charge in [-0.3, -0.25) is 9.59 Å². The molecule has 154 valence electrons. The van der Waals surface area contributed by atoms with Gasteiger partial charge in [0.05, 0.1) is 5.69 Å². The number of carbonyl (C=O) groups excluding carboxylic acids is 3. The second kappa shape index (κ2) is 6.55. The van der Waals surface area contributed by atoms with Crippen LogP contribution in [-0.2, 0) is 15.0 Å². The summed E-state index contributed by atoms with van der Waals surface area (Å²) in [5.41, 5.74) is 6.11. The molecule has 0 radical (unpaired) electrons. The molecule has 1 atom stereocenters. The molecule has 3 saturated heterocycles. The van der Waals surface area contributed by atoms with Crippen molar-refractivity contribution in [3.8, 4) is 0 Å². The Kier molecular flexibility index (Phi) is 4.21. The van der Waals surface area contributed by atoms with E-state index in [1.807, 2.05) is 24.3 Å². The number of fused-ring (bicyclic) bond motifs is 1. The molecular weight excluding hydrogens is 368 g/mol. The van der Waals surface area contributed by atoms with Crippen LogP contribution in [0.25, 0.3) is 0 Å². The summed E-state index contributed by atoms with van der Waals surface area (Å²) in [5, 5.41) is 0. The van der Waals surface area contributed by atoms with Crippen LogP contribution in [0.2, 0.25) is 0 Å². The van der Waals surface area contributed by atoms with Crippen molar-refractivity contribution < 1.29 is 14.4 Å². The fourth-order valence-corrected chi connectivity index (χ4v) is 5.46. The molecule has 0 spiro atoms. The lowest BCUT2D eigenvalue weighted by Gasteiger charge is -2.23. The van der Waals surface area contributed by atoms with Crippen LogP contribution in [0, 0.1) is 0 Å². The molecule has 1 aromatic rings. The largest absolute Gasteiger partial charge is 0.367 e. The van der Waals surface area contributed by atoms with Gasteiger partial charge in [0.2, 0.25) is 5.54 Å². The van der Waals surface area contributed by atoms with Crippen molar-refractivity contribution in [2.45, 2.75) is 55.9 Å². The average molecular weight is 396 g/mol. The van der Waals surface area contributed by atoms with E-state index in [9.17, 15) is 14.4 Å². The van der Waals surface area contributed by atoms with Crippen molar-refractivity contribution in [1.82, 2.24) is 9.80 Å². The number of likely N-dealkylation sites (tertiary alicyclic amines) is 1. The SMILES string of the molecule is NC(=O)[C@]12CCCN1C(=O)N(c1ccc(C3(CCN4CCCC4)CC3)cc1)C2=O. The molecule has 1 aliphatic carbocycles. The van der Waals surface area contributed by atoms with E-state index >= 15 is 0 Å². The summed E-state index contributed by atoms with van der Waals surface area (Å²) in [6.45, 7) is 3.96. The second-order valence-electron chi connectivity index (χ2n) is 9.03. The minimum atomic E-state index is -1.50. The van der Waals surface area contributed by atoms with E-state index in [0.29, 0.717) is 25.1 Å². The van der Waals surface area contributed by atoms with Crippen LogP contribution in [0.3, 0.4) is 0 Å². The Morgan fingerprint density at radius 1 is 0.966 bits per heavy atom. The highest BCUT2D eigenvalue weighted by molar-refractivity contribution is 6.31. The predicted molar refractivity (Wildman–Crippen MR) is 108 cm³/mol. The highest BCUT2D eigenvalue weighted by Gasteiger charge is 2.63. The van der Waals surface area contributed by atoms with E-state index in [0.717, 1.165) is 17.9 Å². The van der Waals surface area contributed by atoms with E-state index in [1.54, 1.807) is 0 Å². The first kappa shape index (κ1) is 18.6. The Hall–Kier alpha value is -2.41. The van der Waals surface area contributed by atoms with Crippen molar-refractivity contribution in [3.05, 3.63) is 29.8 Å². The second-order valence-corrected chi connectivity index (χ2v) is 9.03. The predicted octanol–water partition coefficient (Wildman–Crippen LogP) is 1.99. The number of hydrogen-bond donors (Lipinski definition) is 1. The number of nitrogens with two attached hydrogens (primary N) is 1. The van der Waals surface area contributed by atoms with Crippen molar-refractivity contribution in [2.24, 2.45) is 5.73 Å². The maximum atomic E-state index is 13.1. The summed E-state index contributed by atoms with van der Waals surface area (Å²) in [4.78, 5) is 43.1. The van der Waals surface area contributed by atoms with Gasteiger partial charge in [-0.25, -0.2) is 9.69 Å². The number of carbonyl (C=O) groups is 3. The summed E-state index contributed by atoms with van der Waals surface area (Å²) in [7, 11) is 0. The summed E-state index contributed by atoms with van der Waals surface area (Å²) in [6, 6.07) is 7.35. The Morgan fingerprint density at radius 2 is 1.66 bits per heavy atom. The molecule has 1 aromatic carbocycles. The lowest BCUT2D eigenvalue weighted by atomic mass is 9.91. The number of anilines is 1. The highest BCUT2D eigenvalue weighted by atomic mass is 16.2. The van der Waals surface area contributed by atoms with E-state index in [-0.39, 0.29) is 5.41 Å². The van der Waals surface area contributed by atoms with Gasteiger partial charge in [-0.1, -0.05) is 12.1 Å². The zero-order chi connectivity index (χ0) is 20.2. The number of nitrogens with zero attached hydrogens (tertiary/aromatic N) is 3. The van der Waals surface area contributed by atoms with Gasteiger partial charge in [0.15, 0.2) is 0 Å². The maximum absolute atomic E-state index is 13.1. The average Bonchev–Trinajstić information content (AvgIpc) is 3.08. The number of amides is 4. The lowest BCUT2D eigenvalue weighted by Crippen LogP contribution is -2.55. The molecule has 29 heavy (non-hydrogen) atoms. The minimum Gasteiger partial charge on any atom is -0.367 e. The van der Waals surface area contributed by atoms with Crippen LogP contribution in [0.5, 0.6) is 0 Å². The van der Waals surface area contributed by atoms with Gasteiger partial charge in [-0.2, -0.15) is 0 Å². The van der Waals surface area contributed by atoms with E-state index < -0.39 is 23.4 Å². The molecule has 4 aliphatic rings. The standard InChI is InChI=1S/C22H28N4O3/c23-18(27)22-8-3-14-25(22)20(29)26(19(22)28)17-6-4-16(5-7-17)21(9-10-21)11-15-24-12-1-2-13-24/h4-7H,1-3,8-15H2,(H2,23,27)/t22-/m0/s1. The Morgan fingerprint density at radius 3 is 2.24 bits per heavy atom. The van der Waals surface area contributed by atoms with Gasteiger partial charge < -0.3 is 15.5 Å². The molecule has 7 heteroatoms. The van der Waals surface area contributed by atoms with E-state index in [1.165, 1.54) is 49.2 Å². The van der Waals surface area contributed by atoms with Crippen molar-refractivity contribution in [2.75, 3.05) is 31.1 Å². The van der Waals surface area contributed by atoms with E-state index in [2.05, 4.69) is 4.90 Å². The molecule has 5 rings (SSSR count). The Balaban J connectivity index is 1.35. The number of primary amides is 1. The first-order valence-corrected chi connectivity index (χ1v) is 10.8. The molecule has 2 N–H and O–H groups in total. The summed E-state index contributed by atoms with van der Waals surface area (Å²) in [5.74, 6) is -1.23. The molecule has 3 heterocycles. The van der Waals surface area contributed by atoms with Crippen molar-refractivity contribution >= 4 is 23.5 Å². The molecule has 7 nitrogen and oxygen atoms in total. The van der Waals surface area contributed by atoms with Gasteiger partial charge in [0.25, 0.3) is 11.8 Å². The van der Waals surface area contributed by atoms with Crippen LogP contribution in [-0.4, -0.2) is 59.4 Å². The number of urea groups is 1. The van der Waals surface area contributed by atoms with Crippen LogP contribution >= 0.6 is 0 Å². The fraction of sp³-hybridized carbons (Fsp3) is 0.591. The molecule has 0 bridgehead atoms. The molecular formula is C22H28N4O3. The van der Waals surface area contributed by atoms with Crippen molar-refractivity contribution in [3.63, 3.8) is 0 Å². The summed E-state index contributed by atoms with van der Waals surface area (Å²) in [6.07, 6.45) is 7.09. The molecule has 1 saturated carbocycles. The molecule has 4 fully saturated rings. The van der Waals surface area contributed by atoms with Gasteiger partial charge >= 0.3 is 6.03 Å². The van der Waals surface area contributed by atoms with E-state index in [4.69, 9.17) is 5.73 Å². The number of hydrogen-bond acceptors (Lipinski definition) is 4. The maximum Gasteiger partial charge on any atom is 0.332 e. The molecule has 3 aliphatic heterocycles. The monoisotopic (exact) mass is 396 g/mol. The minimum absolute atomic E-state index is 0.245. The molecule has 0 unspecified atom stereocenters. The number of benzene rings is 1. The first-order valence-electron chi connectivity index (χ1n) is 10.8. The highest BCUT2D eigenvalue weighted by Crippen LogP contribution is 2.51. The quantitative estimate of drug-likeness (QED) is 0.588. The van der Waals surface area contributed by atoms with Crippen LogP contribution in [0.4, 0.5) is 10.5 Å². The fourth-order valence-electron chi connectivity index (χ4n) is 5.46. The molecule has 4 amide bonds. The van der Waals surface area contributed by atoms with Gasteiger partial charge in [0, 0.05) is 6.54 Å². The smallest absolute Gasteiger partial charge is 0.332 e. The summed E-state index contributed by atoms with van der Waals surface area (Å²) >= 11 is 0. The van der Waals surface area contributed by atoms with Gasteiger partial charge in [0.1, 0.15) is 0 Å². The number of imide groups is 1. The zero-order valence-corrected chi connectivity index (χ0v) is 16.7. The third kappa shape index (κ3) is 2.70. The van der Waals surface area contributed by atoms with Gasteiger partial charge in [-0.05, 0) is 87.7 Å². The van der Waals surface area contributed by atoms with Crippen molar-refractivity contribution in [1.29, 1.82) is 0 Å². The third-order valence-corrected chi connectivity index (χ3v) is 7.46.